The largest absolute Gasteiger partial charge is 0.206 e. The van der Waals surface area contributed by atoms with Crippen molar-refractivity contribution < 1.29 is 17.6 Å². The summed E-state index contributed by atoms with van der Waals surface area (Å²) >= 11 is 3.27. The van der Waals surface area contributed by atoms with E-state index < -0.39 is 28.2 Å². The molecule has 0 atom stereocenters. The molecule has 0 aliphatic heterocycles. The molecule has 0 saturated heterocycles. The van der Waals surface area contributed by atoms with Crippen LogP contribution in [0.25, 0.3) is 0 Å². The molecule has 0 bridgehead atoms. The first-order chi connectivity index (χ1) is 5.04. The number of hydrogen-bond donors (Lipinski definition) is 1. The van der Waals surface area contributed by atoms with Crippen LogP contribution in [0.2, 0.25) is 0 Å². The van der Waals surface area contributed by atoms with Crippen LogP contribution in [-0.2, 0) is 0 Å². The van der Waals surface area contributed by atoms with Gasteiger partial charge in [-0.3, -0.25) is 0 Å². The van der Waals surface area contributed by atoms with Crippen molar-refractivity contribution in [1.82, 2.24) is 0 Å². The van der Waals surface area contributed by atoms with Crippen molar-refractivity contribution in [3.05, 3.63) is 29.3 Å². The molecule has 0 aliphatic carbocycles. The molecule has 0 saturated carbocycles. The Bertz CT molecular complexity index is 276. The quantitative estimate of drug-likeness (QED) is 0.217. The van der Waals surface area contributed by atoms with E-state index in [1.807, 2.05) is 0 Å². The third kappa shape index (κ3) is 2.16. The fourth-order valence-electron chi connectivity index (χ4n) is 0.557. The third-order valence-corrected chi connectivity index (χ3v) is 1.50. The van der Waals surface area contributed by atoms with Gasteiger partial charge in [0.1, 0.15) is 5.82 Å². The Balaban J connectivity index is 0.00000121. The molecule has 0 spiro atoms. The second kappa shape index (κ2) is 4.50. The molecule has 6 heteroatoms. The van der Waals surface area contributed by atoms with E-state index in [2.05, 4.69) is 12.6 Å². The number of rotatable bonds is 0. The summed E-state index contributed by atoms with van der Waals surface area (Å²) in [7, 11) is 0. The van der Waals surface area contributed by atoms with Crippen LogP contribution >= 0.6 is 12.6 Å². The Morgan fingerprint density at radius 1 is 0.917 bits per heavy atom. The molecule has 0 aliphatic rings. The van der Waals surface area contributed by atoms with Gasteiger partial charge in [0.25, 0.3) is 0 Å². The van der Waals surface area contributed by atoms with Crippen molar-refractivity contribution in [2.45, 2.75) is 4.90 Å². The topological polar surface area (TPSA) is 0 Å². The summed E-state index contributed by atoms with van der Waals surface area (Å²) in [4.78, 5) is -0.816. The SMILES string of the molecule is Fc1cc(F)c(S)c(F)c1F.[Na]. The minimum Gasteiger partial charge on any atom is -0.206 e. The fourth-order valence-corrected chi connectivity index (χ4v) is 0.719. The first-order valence-electron chi connectivity index (χ1n) is 2.56. The van der Waals surface area contributed by atoms with E-state index in [1.54, 1.807) is 0 Å². The molecule has 1 aromatic rings. The van der Waals surface area contributed by atoms with Gasteiger partial charge in [-0.05, 0) is 0 Å². The predicted octanol–water partition coefficient (Wildman–Crippen LogP) is 2.15. The smallest absolute Gasteiger partial charge is 0.195 e. The van der Waals surface area contributed by atoms with Crippen LogP contribution in [0.1, 0.15) is 0 Å². The van der Waals surface area contributed by atoms with E-state index in [0.29, 0.717) is 0 Å². The zero-order valence-corrected chi connectivity index (χ0v) is 8.93. The average Bonchev–Trinajstić information content (AvgIpc) is 1.97. The van der Waals surface area contributed by atoms with Gasteiger partial charge in [0.05, 0.1) is 4.90 Å². The summed E-state index contributed by atoms with van der Waals surface area (Å²) in [5.41, 5.74) is 0. The molecular weight excluding hydrogens is 203 g/mol. The molecule has 1 rings (SSSR count). The van der Waals surface area contributed by atoms with Gasteiger partial charge in [0.15, 0.2) is 17.5 Å². The molecule has 0 fully saturated rings. The van der Waals surface area contributed by atoms with Crippen LogP contribution < -0.4 is 0 Å². The van der Waals surface area contributed by atoms with E-state index in [9.17, 15) is 17.6 Å². The summed E-state index contributed by atoms with van der Waals surface area (Å²) in [5, 5.41) is 0. The maximum Gasteiger partial charge on any atom is 0.195 e. The van der Waals surface area contributed by atoms with Gasteiger partial charge >= 0.3 is 0 Å². The van der Waals surface area contributed by atoms with Crippen molar-refractivity contribution in [2.75, 3.05) is 0 Å². The first kappa shape index (κ1) is 12.3. The monoisotopic (exact) mass is 205 g/mol. The Labute approximate surface area is 93.7 Å². The molecule has 0 heterocycles. The first-order valence-corrected chi connectivity index (χ1v) is 3.00. The van der Waals surface area contributed by atoms with Crippen LogP contribution in [0.5, 0.6) is 0 Å². The zero-order chi connectivity index (χ0) is 8.59. The Hall–Kier alpha value is 0.290. The summed E-state index contributed by atoms with van der Waals surface area (Å²) in [6.07, 6.45) is 0. The van der Waals surface area contributed by atoms with Crippen LogP contribution in [0, 0.1) is 23.3 Å². The minimum atomic E-state index is -1.71. The molecular formula is C6H2F4NaS. The minimum absolute atomic E-state index is 0. The second-order valence-corrected chi connectivity index (χ2v) is 2.26. The van der Waals surface area contributed by atoms with Crippen molar-refractivity contribution in [3.8, 4) is 0 Å². The van der Waals surface area contributed by atoms with Gasteiger partial charge in [-0.1, -0.05) is 0 Å². The summed E-state index contributed by atoms with van der Waals surface area (Å²) in [5.74, 6) is -6.09. The Morgan fingerprint density at radius 3 is 1.92 bits per heavy atom. The van der Waals surface area contributed by atoms with Gasteiger partial charge in [-0.2, -0.15) is 0 Å². The maximum atomic E-state index is 12.3. The molecule has 0 amide bonds. The molecule has 12 heavy (non-hydrogen) atoms. The van der Waals surface area contributed by atoms with Crippen LogP contribution in [-0.4, -0.2) is 29.6 Å². The fraction of sp³-hybridized carbons (Fsp3) is 0. The van der Waals surface area contributed by atoms with Gasteiger partial charge in [0, 0.05) is 35.6 Å². The van der Waals surface area contributed by atoms with Crippen LogP contribution in [0.3, 0.4) is 0 Å². The standard InChI is InChI=1S/C6H2F4S.Na/c7-2-1-3(8)6(11)5(10)4(2)9;/h1,11H;. The number of thiol groups is 1. The Kier molecular flexibility index (Phi) is 4.61. The number of hydrogen-bond acceptors (Lipinski definition) is 1. The third-order valence-electron chi connectivity index (χ3n) is 1.09. The molecule has 0 unspecified atom stereocenters. The maximum absolute atomic E-state index is 12.3. The van der Waals surface area contributed by atoms with Crippen molar-refractivity contribution in [3.63, 3.8) is 0 Å². The number of halogens is 4. The summed E-state index contributed by atoms with van der Waals surface area (Å²) in [6.45, 7) is 0. The van der Waals surface area contributed by atoms with E-state index in [1.165, 1.54) is 0 Å². The van der Waals surface area contributed by atoms with Crippen molar-refractivity contribution in [1.29, 1.82) is 0 Å². The van der Waals surface area contributed by atoms with Crippen molar-refractivity contribution >= 4 is 42.2 Å². The van der Waals surface area contributed by atoms with E-state index in [0.717, 1.165) is 0 Å². The van der Waals surface area contributed by atoms with Gasteiger partial charge in [-0.15, -0.1) is 12.6 Å². The normalized spacial score (nSPS) is 9.42. The van der Waals surface area contributed by atoms with E-state index in [-0.39, 0.29) is 35.6 Å². The Morgan fingerprint density at radius 2 is 1.42 bits per heavy atom. The van der Waals surface area contributed by atoms with Crippen molar-refractivity contribution in [2.24, 2.45) is 0 Å². The molecule has 0 aromatic heterocycles. The van der Waals surface area contributed by atoms with Crippen LogP contribution in [0.15, 0.2) is 11.0 Å². The average molecular weight is 205 g/mol. The zero-order valence-electron chi connectivity index (χ0n) is 6.04. The second-order valence-electron chi connectivity index (χ2n) is 1.82. The molecule has 61 valence electrons. The van der Waals surface area contributed by atoms with E-state index >= 15 is 0 Å². The van der Waals surface area contributed by atoms with Gasteiger partial charge in [0.2, 0.25) is 0 Å². The molecule has 1 radical (unpaired) electrons. The van der Waals surface area contributed by atoms with Gasteiger partial charge < -0.3 is 0 Å². The van der Waals surface area contributed by atoms with Gasteiger partial charge in [-0.25, -0.2) is 17.6 Å². The molecule has 1 aromatic carbocycles. The molecule has 0 N–H and O–H groups in total. The van der Waals surface area contributed by atoms with E-state index in [4.69, 9.17) is 0 Å². The summed E-state index contributed by atoms with van der Waals surface area (Å²) < 4.78 is 49.0. The predicted molar refractivity (Wildman–Crippen MR) is 39.3 cm³/mol. The summed E-state index contributed by atoms with van der Waals surface area (Å²) in [6, 6.07) is 0.237. The number of benzene rings is 1. The van der Waals surface area contributed by atoms with Crippen LogP contribution in [0.4, 0.5) is 17.6 Å². The molecule has 0 nitrogen and oxygen atoms in total.